The van der Waals surface area contributed by atoms with Crippen molar-refractivity contribution in [2.24, 2.45) is 5.41 Å². The molecule has 1 fully saturated rings. The predicted molar refractivity (Wildman–Crippen MR) is 74.1 cm³/mol. The first-order valence-corrected chi connectivity index (χ1v) is 7.77. The smallest absolute Gasteiger partial charge is 0.116 e. The van der Waals surface area contributed by atoms with Gasteiger partial charge in [0.15, 0.2) is 0 Å². The number of halogens is 1. The highest BCUT2D eigenvalue weighted by atomic mass is 19.1. The molecule has 1 heteroatoms. The Morgan fingerprint density at radius 3 is 1.82 bits per heavy atom. The molecular weight excluding hydrogens is 211 g/mol. The Bertz CT molecular complexity index is 208. The van der Waals surface area contributed by atoms with Crippen molar-refractivity contribution in [2.75, 3.05) is 0 Å². The van der Waals surface area contributed by atoms with Crippen LogP contribution in [0.5, 0.6) is 0 Å². The van der Waals surface area contributed by atoms with Crippen molar-refractivity contribution < 1.29 is 4.39 Å². The Kier molecular flexibility index (Phi) is 5.95. The summed E-state index contributed by atoms with van der Waals surface area (Å²) in [5.41, 5.74) is -0.817. The number of hydrogen-bond donors (Lipinski definition) is 0. The molecule has 1 unspecified atom stereocenters. The van der Waals surface area contributed by atoms with E-state index in [4.69, 9.17) is 0 Å². The highest BCUT2D eigenvalue weighted by Gasteiger charge is 2.56. The Labute approximate surface area is 107 Å². The van der Waals surface area contributed by atoms with Crippen molar-refractivity contribution in [3.63, 3.8) is 0 Å². The van der Waals surface area contributed by atoms with E-state index >= 15 is 0 Å². The largest absolute Gasteiger partial charge is 0.243 e. The zero-order valence-electron chi connectivity index (χ0n) is 12.2. The minimum atomic E-state index is -0.799. The third-order valence-electron chi connectivity index (χ3n) is 4.68. The van der Waals surface area contributed by atoms with E-state index in [1.54, 1.807) is 0 Å². The van der Waals surface area contributed by atoms with E-state index in [1.807, 2.05) is 0 Å². The van der Waals surface area contributed by atoms with Crippen LogP contribution in [-0.2, 0) is 0 Å². The van der Waals surface area contributed by atoms with Crippen LogP contribution < -0.4 is 0 Å². The minimum absolute atomic E-state index is 0.0179. The van der Waals surface area contributed by atoms with E-state index in [9.17, 15) is 4.39 Å². The van der Waals surface area contributed by atoms with Crippen molar-refractivity contribution in [1.82, 2.24) is 0 Å². The van der Waals surface area contributed by atoms with Gasteiger partial charge in [-0.15, -0.1) is 0 Å². The second-order valence-electron chi connectivity index (χ2n) is 6.29. The van der Waals surface area contributed by atoms with Gasteiger partial charge in [0.2, 0.25) is 0 Å². The third-order valence-corrected chi connectivity index (χ3v) is 4.68. The normalized spacial score (nSPS) is 21.2. The molecule has 0 aromatic heterocycles. The number of rotatable bonds is 10. The summed E-state index contributed by atoms with van der Waals surface area (Å²) >= 11 is 0. The van der Waals surface area contributed by atoms with Gasteiger partial charge in [-0.05, 0) is 25.7 Å². The van der Waals surface area contributed by atoms with Crippen LogP contribution >= 0.6 is 0 Å². The maximum atomic E-state index is 14.5. The Hall–Kier alpha value is -0.0700. The lowest BCUT2D eigenvalue weighted by Gasteiger charge is -2.34. The maximum Gasteiger partial charge on any atom is 0.116 e. The lowest BCUT2D eigenvalue weighted by molar-refractivity contribution is 0.0735. The standard InChI is InChI=1S/C16H31F/c1-4-6-8-10-12-15(3,11-9-7-5-2)16(17)13-14-16/h4-14H2,1-3H3. The van der Waals surface area contributed by atoms with Crippen molar-refractivity contribution in [3.8, 4) is 0 Å². The molecular formula is C16H31F. The topological polar surface area (TPSA) is 0 Å². The van der Waals surface area contributed by atoms with E-state index in [1.165, 1.54) is 44.9 Å². The molecule has 0 aromatic carbocycles. The summed E-state index contributed by atoms with van der Waals surface area (Å²) in [6.07, 6.45) is 12.7. The first-order chi connectivity index (χ1) is 8.08. The SMILES string of the molecule is CCCCCCC(C)(CCCCC)C1(F)CC1. The summed E-state index contributed by atoms with van der Waals surface area (Å²) in [6, 6.07) is 0. The van der Waals surface area contributed by atoms with E-state index in [2.05, 4.69) is 20.8 Å². The maximum absolute atomic E-state index is 14.5. The Balaban J connectivity index is 2.36. The van der Waals surface area contributed by atoms with Gasteiger partial charge >= 0.3 is 0 Å². The van der Waals surface area contributed by atoms with Crippen LogP contribution in [0.1, 0.15) is 91.4 Å². The molecule has 0 aromatic rings. The number of unbranched alkanes of at least 4 members (excludes halogenated alkanes) is 5. The van der Waals surface area contributed by atoms with Gasteiger partial charge in [-0.25, -0.2) is 4.39 Å². The number of alkyl halides is 1. The van der Waals surface area contributed by atoms with Gasteiger partial charge in [0.25, 0.3) is 0 Å². The van der Waals surface area contributed by atoms with E-state index in [0.717, 1.165) is 25.7 Å². The van der Waals surface area contributed by atoms with Crippen molar-refractivity contribution in [3.05, 3.63) is 0 Å². The molecule has 1 atom stereocenters. The molecule has 17 heavy (non-hydrogen) atoms. The molecule has 1 aliphatic rings. The van der Waals surface area contributed by atoms with Crippen LogP contribution in [0, 0.1) is 5.41 Å². The second kappa shape index (κ2) is 6.75. The van der Waals surface area contributed by atoms with Gasteiger partial charge in [-0.1, -0.05) is 65.7 Å². The fraction of sp³-hybridized carbons (Fsp3) is 1.00. The first-order valence-electron chi connectivity index (χ1n) is 7.77. The second-order valence-corrected chi connectivity index (χ2v) is 6.29. The van der Waals surface area contributed by atoms with Gasteiger partial charge in [-0.3, -0.25) is 0 Å². The molecule has 0 saturated heterocycles. The van der Waals surface area contributed by atoms with Crippen LogP contribution in [0.15, 0.2) is 0 Å². The summed E-state index contributed by atoms with van der Waals surface area (Å²) < 4.78 is 14.5. The van der Waals surface area contributed by atoms with Gasteiger partial charge in [-0.2, -0.15) is 0 Å². The summed E-state index contributed by atoms with van der Waals surface area (Å²) in [5.74, 6) is 0. The molecule has 0 nitrogen and oxygen atoms in total. The van der Waals surface area contributed by atoms with Crippen LogP contribution in [0.4, 0.5) is 4.39 Å². The molecule has 0 bridgehead atoms. The summed E-state index contributed by atoms with van der Waals surface area (Å²) in [6.45, 7) is 6.67. The molecule has 1 rings (SSSR count). The molecule has 1 aliphatic carbocycles. The monoisotopic (exact) mass is 242 g/mol. The lowest BCUT2D eigenvalue weighted by Crippen LogP contribution is -2.31. The van der Waals surface area contributed by atoms with Gasteiger partial charge in [0, 0.05) is 5.41 Å². The molecule has 102 valence electrons. The fourth-order valence-corrected chi connectivity index (χ4v) is 2.99. The third kappa shape index (κ3) is 4.26. The minimum Gasteiger partial charge on any atom is -0.243 e. The molecule has 0 N–H and O–H groups in total. The summed E-state index contributed by atoms with van der Waals surface area (Å²) in [4.78, 5) is 0. The van der Waals surface area contributed by atoms with Crippen LogP contribution in [0.25, 0.3) is 0 Å². The Morgan fingerprint density at radius 2 is 1.35 bits per heavy atom. The first kappa shape index (κ1) is 15.0. The van der Waals surface area contributed by atoms with Gasteiger partial charge in [0.05, 0.1) is 0 Å². The van der Waals surface area contributed by atoms with E-state index in [-0.39, 0.29) is 5.41 Å². The van der Waals surface area contributed by atoms with Crippen LogP contribution in [0.3, 0.4) is 0 Å². The summed E-state index contributed by atoms with van der Waals surface area (Å²) in [5, 5.41) is 0. The number of hydrogen-bond acceptors (Lipinski definition) is 0. The quantitative estimate of drug-likeness (QED) is 0.409. The van der Waals surface area contributed by atoms with E-state index in [0.29, 0.717) is 0 Å². The summed E-state index contributed by atoms with van der Waals surface area (Å²) in [7, 11) is 0. The van der Waals surface area contributed by atoms with Crippen LogP contribution in [0.2, 0.25) is 0 Å². The average molecular weight is 242 g/mol. The van der Waals surface area contributed by atoms with Gasteiger partial charge < -0.3 is 0 Å². The molecule has 0 amide bonds. The zero-order valence-corrected chi connectivity index (χ0v) is 12.2. The Morgan fingerprint density at radius 1 is 0.882 bits per heavy atom. The van der Waals surface area contributed by atoms with Gasteiger partial charge in [0.1, 0.15) is 5.67 Å². The van der Waals surface area contributed by atoms with Crippen molar-refractivity contribution >= 4 is 0 Å². The predicted octanol–water partition coefficient (Wildman–Crippen LogP) is 6.05. The van der Waals surface area contributed by atoms with Crippen molar-refractivity contribution in [2.45, 2.75) is 97.1 Å². The van der Waals surface area contributed by atoms with E-state index < -0.39 is 5.67 Å². The highest BCUT2D eigenvalue weighted by Crippen LogP contribution is 2.58. The zero-order chi connectivity index (χ0) is 12.8. The molecule has 0 spiro atoms. The molecule has 0 radical (unpaired) electrons. The molecule has 0 heterocycles. The fourth-order valence-electron chi connectivity index (χ4n) is 2.99. The molecule has 1 saturated carbocycles. The van der Waals surface area contributed by atoms with Crippen molar-refractivity contribution in [1.29, 1.82) is 0 Å². The average Bonchev–Trinajstić information content (AvgIpc) is 3.05. The lowest BCUT2D eigenvalue weighted by atomic mass is 9.74. The van der Waals surface area contributed by atoms with Crippen LogP contribution in [-0.4, -0.2) is 5.67 Å². The highest BCUT2D eigenvalue weighted by molar-refractivity contribution is 5.06. The molecule has 0 aliphatic heterocycles.